The highest BCUT2D eigenvalue weighted by molar-refractivity contribution is 5.47. The van der Waals surface area contributed by atoms with Crippen LogP contribution >= 0.6 is 0 Å². The second-order valence-corrected chi connectivity index (χ2v) is 18.8. The van der Waals surface area contributed by atoms with E-state index in [1.54, 1.807) is 0 Å². The van der Waals surface area contributed by atoms with E-state index in [9.17, 15) is 0 Å². The lowest BCUT2D eigenvalue weighted by Gasteiger charge is -2.59. The maximum absolute atomic E-state index is 6.65. The Kier molecular flexibility index (Phi) is 14.8. The Hall–Kier alpha value is -1.31. The molecule has 3 rings (SSSR count). The summed E-state index contributed by atoms with van der Waals surface area (Å²) in [5.41, 5.74) is 6.45. The third-order valence-electron chi connectivity index (χ3n) is 13.7. The highest BCUT2D eigenvalue weighted by Crippen LogP contribution is 2.50. The quantitative estimate of drug-likeness (QED) is 0.107. The molecule has 0 aromatic carbocycles. The summed E-state index contributed by atoms with van der Waals surface area (Å²) in [6, 6.07) is 0.180. The topological polar surface area (TPSA) is 76.7 Å². The number of nitrogens with two attached hydrogens (primary N) is 1. The van der Waals surface area contributed by atoms with Crippen LogP contribution in [0.4, 0.5) is 17.8 Å². The number of anilines is 1. The maximum atomic E-state index is 6.65. The van der Waals surface area contributed by atoms with Gasteiger partial charge < -0.3 is 11.1 Å². The fourth-order valence-corrected chi connectivity index (χ4v) is 9.55. The predicted molar refractivity (Wildman–Crippen MR) is 211 cm³/mol. The van der Waals surface area contributed by atoms with E-state index < -0.39 is 0 Å². The molecule has 0 aliphatic carbocycles. The zero-order valence-electron chi connectivity index (χ0n) is 33.9. The molecule has 7 heteroatoms. The minimum absolute atomic E-state index is 0.0133. The van der Waals surface area contributed by atoms with Crippen LogP contribution in [0.15, 0.2) is 0 Å². The number of unbranched alkanes of at least 4 members (excludes halogenated alkanes) is 15. The number of hydrogen-bond acceptors (Lipinski definition) is 5. The molecule has 0 bridgehead atoms. The molecule has 0 radical (unpaired) electrons. The van der Waals surface area contributed by atoms with Crippen molar-refractivity contribution in [2.75, 3.05) is 26.0 Å². The van der Waals surface area contributed by atoms with Gasteiger partial charge in [-0.2, -0.15) is 0 Å². The first-order valence-corrected chi connectivity index (χ1v) is 20.5. The molecule has 0 atom stereocenters. The van der Waals surface area contributed by atoms with Crippen LogP contribution in [0.25, 0.3) is 0 Å². The Labute approximate surface area is 298 Å². The van der Waals surface area contributed by atoms with Crippen LogP contribution < -0.4 is 20.0 Å². The minimum Gasteiger partial charge on any atom is -0.354 e. The van der Waals surface area contributed by atoms with Gasteiger partial charge in [0.2, 0.25) is 5.95 Å². The Morgan fingerprint density at radius 2 is 0.917 bits per heavy atom. The Bertz CT molecular complexity index is 1070. The van der Waals surface area contributed by atoms with Crippen molar-refractivity contribution in [3.8, 4) is 0 Å². The predicted octanol–water partition coefficient (Wildman–Crippen LogP) is 10.8. The van der Waals surface area contributed by atoms with E-state index in [1.807, 2.05) is 0 Å². The number of rotatable bonds is 20. The van der Waals surface area contributed by atoms with Crippen molar-refractivity contribution in [2.45, 2.75) is 225 Å². The Morgan fingerprint density at radius 3 is 1.31 bits per heavy atom. The molecule has 3 N–H and O–H groups in total. The van der Waals surface area contributed by atoms with E-state index in [-0.39, 0.29) is 28.2 Å². The monoisotopic (exact) mass is 672 g/mol. The van der Waals surface area contributed by atoms with Crippen molar-refractivity contribution in [3.63, 3.8) is 0 Å². The minimum atomic E-state index is -0.115. The molecule has 2 saturated heterocycles. The van der Waals surface area contributed by atoms with Crippen LogP contribution in [0.5, 0.6) is 0 Å². The molecule has 2 aliphatic heterocycles. The molecule has 1 aromatic heterocycles. The van der Waals surface area contributed by atoms with Gasteiger partial charge in [-0.15, -0.1) is 15.0 Å². The maximum Gasteiger partial charge on any atom is 0.339 e. The van der Waals surface area contributed by atoms with Crippen LogP contribution in [0, 0.1) is 0 Å². The molecule has 0 spiro atoms. The molecule has 278 valence electrons. The summed E-state index contributed by atoms with van der Waals surface area (Å²) >= 11 is 0. The van der Waals surface area contributed by atoms with Gasteiger partial charge in [-0.1, -0.05) is 103 Å². The van der Waals surface area contributed by atoms with E-state index in [0.717, 1.165) is 56.5 Å². The molecule has 48 heavy (non-hydrogen) atoms. The number of aromatic nitrogens is 3. The summed E-state index contributed by atoms with van der Waals surface area (Å²) in [6.07, 6.45) is 27.6. The average molecular weight is 672 g/mol. The summed E-state index contributed by atoms with van der Waals surface area (Å²) in [4.78, 5) is 16.0. The smallest absolute Gasteiger partial charge is 0.339 e. The fraction of sp³-hybridized carbons (Fsp3) is 0.927. The molecular weight excluding hydrogens is 591 g/mol. The highest BCUT2D eigenvalue weighted by atomic mass is 15.6. The van der Waals surface area contributed by atoms with Crippen molar-refractivity contribution in [1.82, 2.24) is 23.9 Å². The van der Waals surface area contributed by atoms with Gasteiger partial charge in [0.1, 0.15) is 22.2 Å². The Morgan fingerprint density at radius 1 is 0.562 bits per heavy atom. The molecule has 7 nitrogen and oxygen atoms in total. The van der Waals surface area contributed by atoms with Gasteiger partial charge in [-0.25, -0.2) is 0 Å². The second kappa shape index (κ2) is 17.3. The first-order chi connectivity index (χ1) is 22.5. The van der Waals surface area contributed by atoms with E-state index >= 15 is 0 Å². The average Bonchev–Trinajstić information content (AvgIpc) is 2.99. The van der Waals surface area contributed by atoms with Gasteiger partial charge in [0.25, 0.3) is 0 Å². The Balaban J connectivity index is 1.61. The molecule has 0 saturated carbocycles. The van der Waals surface area contributed by atoms with Crippen LogP contribution in [0.1, 0.15) is 197 Å². The van der Waals surface area contributed by atoms with Gasteiger partial charge in [-0.05, 0) is 68.2 Å². The summed E-state index contributed by atoms with van der Waals surface area (Å²) in [5.74, 6) is 2.53. The zero-order valence-corrected chi connectivity index (χ0v) is 33.9. The van der Waals surface area contributed by atoms with Crippen molar-refractivity contribution >= 4 is 17.8 Å². The number of quaternary nitrogens is 2. The number of nitrogens with one attached hydrogen (secondary N) is 1. The van der Waals surface area contributed by atoms with Gasteiger partial charge in [0, 0.05) is 38.3 Å². The SMILES string of the molecule is CCCCCCCCCCCCCCCCCCNc1nc([N+]2(C)C(C)(C)CCCC2(C)C)nc([N+]2(C)C(C)(C)CC(N)CC2(C)C)n1. The van der Waals surface area contributed by atoms with E-state index in [2.05, 4.69) is 81.7 Å². The van der Waals surface area contributed by atoms with Crippen LogP contribution in [0.3, 0.4) is 0 Å². The largest absolute Gasteiger partial charge is 0.354 e. The molecule has 2 aliphatic rings. The normalized spacial score (nSPS) is 25.5. The van der Waals surface area contributed by atoms with Crippen molar-refractivity contribution in [2.24, 2.45) is 5.73 Å². The first kappa shape index (κ1) is 41.1. The molecule has 3 heterocycles. The number of likely N-dealkylation sites (tertiary alicyclic amines) is 2. The summed E-state index contributed by atoms with van der Waals surface area (Å²) < 4.78 is 1.36. The highest BCUT2D eigenvalue weighted by Gasteiger charge is 2.61. The molecular formula is C41H81N7+2. The van der Waals surface area contributed by atoms with Gasteiger partial charge in [0.05, 0.1) is 14.1 Å². The van der Waals surface area contributed by atoms with E-state index in [4.69, 9.17) is 20.7 Å². The third kappa shape index (κ3) is 9.32. The number of hydrogen-bond donors (Lipinski definition) is 2. The summed E-state index contributed by atoms with van der Waals surface area (Å²) in [5, 5.41) is 3.70. The standard InChI is InChI=1S/C41H81N7/c1-12-13-14-15-16-17-18-19-20-21-22-23-24-25-26-27-31-43-35-44-36(47(10)38(2,3)29-28-30-39(47,4)5)46-37(45-35)48(11)40(6,7)32-34(42)33-41(48,8)9/h34H,12-33,42H2,1-11H3,(H,43,44,45,46)/q+2. The lowest BCUT2D eigenvalue weighted by atomic mass is 9.74. The van der Waals surface area contributed by atoms with Crippen molar-refractivity contribution in [3.05, 3.63) is 0 Å². The zero-order chi connectivity index (χ0) is 35.7. The van der Waals surface area contributed by atoms with Gasteiger partial charge in [0.15, 0.2) is 0 Å². The first-order valence-electron chi connectivity index (χ1n) is 20.5. The third-order valence-corrected chi connectivity index (χ3v) is 13.7. The van der Waals surface area contributed by atoms with E-state index in [1.165, 1.54) is 103 Å². The van der Waals surface area contributed by atoms with Gasteiger partial charge >= 0.3 is 11.9 Å². The molecule has 1 aromatic rings. The molecule has 0 unspecified atom stereocenters. The lowest BCUT2D eigenvalue weighted by molar-refractivity contribution is -0.0154. The van der Waals surface area contributed by atoms with Crippen LogP contribution in [-0.4, -0.2) is 63.8 Å². The second-order valence-electron chi connectivity index (χ2n) is 18.8. The fourth-order valence-electron chi connectivity index (χ4n) is 9.55. The molecule has 2 fully saturated rings. The summed E-state index contributed by atoms with van der Waals surface area (Å²) in [6.45, 7) is 22.2. The lowest BCUT2D eigenvalue weighted by Crippen LogP contribution is -2.76. The number of piperidine rings is 2. The number of nitrogens with zero attached hydrogens (tertiary/aromatic N) is 5. The van der Waals surface area contributed by atoms with Crippen LogP contribution in [-0.2, 0) is 0 Å². The van der Waals surface area contributed by atoms with Gasteiger partial charge in [-0.3, -0.25) is 8.97 Å². The van der Waals surface area contributed by atoms with Crippen molar-refractivity contribution in [1.29, 1.82) is 0 Å². The molecule has 0 amide bonds. The van der Waals surface area contributed by atoms with Crippen molar-refractivity contribution < 1.29 is 0 Å². The van der Waals surface area contributed by atoms with Crippen LogP contribution in [0.2, 0.25) is 0 Å². The van der Waals surface area contributed by atoms with E-state index in [0.29, 0.717) is 8.97 Å². The summed E-state index contributed by atoms with van der Waals surface area (Å²) in [7, 11) is 4.72.